The Morgan fingerprint density at radius 3 is 2.56 bits per heavy atom. The van der Waals surface area contributed by atoms with Gasteiger partial charge in [0.1, 0.15) is 0 Å². The van der Waals surface area contributed by atoms with Crippen LogP contribution >= 0.6 is 11.6 Å². The summed E-state index contributed by atoms with van der Waals surface area (Å²) in [4.78, 5) is 26.1. The van der Waals surface area contributed by atoms with Crippen molar-refractivity contribution in [3.63, 3.8) is 0 Å². The van der Waals surface area contributed by atoms with Gasteiger partial charge in [0.05, 0.1) is 6.04 Å². The minimum absolute atomic E-state index is 0.0846. The highest BCUT2D eigenvalue weighted by molar-refractivity contribution is 6.31. The van der Waals surface area contributed by atoms with Crippen molar-refractivity contribution in [2.75, 3.05) is 6.54 Å². The molecule has 6 nitrogen and oxygen atoms in total. The van der Waals surface area contributed by atoms with Gasteiger partial charge in [-0.1, -0.05) is 48.0 Å². The Morgan fingerprint density at radius 1 is 1.11 bits per heavy atom. The zero-order chi connectivity index (χ0) is 19.4. The Labute approximate surface area is 162 Å². The standard InChI is InChI=1S/C20H21ClN4O2/c1-12(19(26)25-20(22)27)23-10-15(13-6-2-4-8-17(13)21)16-11-24-18-9-5-3-7-14(16)18/h2-9,11-12,15,23-24H,10H2,1H3,(H3,22,25,26,27)/t12-,15-/m1/s1. The van der Waals surface area contributed by atoms with Gasteiger partial charge < -0.3 is 16.0 Å². The minimum atomic E-state index is -0.868. The predicted octanol–water partition coefficient (Wildman–Crippen LogP) is 3.13. The smallest absolute Gasteiger partial charge is 0.318 e. The highest BCUT2D eigenvalue weighted by Crippen LogP contribution is 2.34. The summed E-state index contributed by atoms with van der Waals surface area (Å²) in [7, 11) is 0. The fourth-order valence-corrected chi connectivity index (χ4v) is 3.41. The van der Waals surface area contributed by atoms with Crippen LogP contribution in [0.3, 0.4) is 0 Å². The number of nitrogens with one attached hydrogen (secondary N) is 3. The van der Waals surface area contributed by atoms with Crippen molar-refractivity contribution < 1.29 is 9.59 Å². The van der Waals surface area contributed by atoms with Crippen molar-refractivity contribution in [2.45, 2.75) is 18.9 Å². The van der Waals surface area contributed by atoms with E-state index in [2.05, 4.69) is 15.6 Å². The normalized spacial score (nSPS) is 13.3. The summed E-state index contributed by atoms with van der Waals surface area (Å²) in [5.74, 6) is -0.557. The highest BCUT2D eigenvalue weighted by Gasteiger charge is 2.22. The predicted molar refractivity (Wildman–Crippen MR) is 107 cm³/mol. The van der Waals surface area contributed by atoms with Crippen molar-refractivity contribution in [2.24, 2.45) is 5.73 Å². The van der Waals surface area contributed by atoms with Crippen LogP contribution in [-0.2, 0) is 4.79 Å². The molecule has 140 valence electrons. The number of carbonyl (C=O) groups is 2. The molecule has 2 atom stereocenters. The number of para-hydroxylation sites is 1. The number of urea groups is 1. The molecule has 0 aliphatic heterocycles. The van der Waals surface area contributed by atoms with Gasteiger partial charge in [-0.15, -0.1) is 0 Å². The molecule has 0 fully saturated rings. The van der Waals surface area contributed by atoms with Gasteiger partial charge in [-0.3, -0.25) is 10.1 Å². The largest absolute Gasteiger partial charge is 0.361 e. The van der Waals surface area contributed by atoms with Crippen LogP contribution in [-0.4, -0.2) is 29.5 Å². The SMILES string of the molecule is C[C@@H](NC[C@H](c1ccccc1Cl)c1c[nH]c2ccccc12)C(=O)NC(N)=O. The van der Waals surface area contributed by atoms with Gasteiger partial charge in [0.25, 0.3) is 0 Å². The molecule has 0 saturated carbocycles. The van der Waals surface area contributed by atoms with E-state index in [4.69, 9.17) is 17.3 Å². The lowest BCUT2D eigenvalue weighted by Gasteiger charge is -2.21. The zero-order valence-corrected chi connectivity index (χ0v) is 15.6. The number of fused-ring (bicyclic) bond motifs is 1. The van der Waals surface area contributed by atoms with Crippen molar-refractivity contribution in [3.05, 3.63) is 70.9 Å². The van der Waals surface area contributed by atoms with Crippen molar-refractivity contribution in [1.29, 1.82) is 0 Å². The Kier molecular flexibility index (Phi) is 5.78. The molecule has 1 heterocycles. The van der Waals surface area contributed by atoms with Gasteiger partial charge >= 0.3 is 6.03 Å². The van der Waals surface area contributed by atoms with Gasteiger partial charge in [0.2, 0.25) is 5.91 Å². The number of halogens is 1. The summed E-state index contributed by atoms with van der Waals surface area (Å²) in [5.41, 5.74) is 8.08. The second-order valence-corrected chi connectivity index (χ2v) is 6.75. The Morgan fingerprint density at radius 2 is 1.81 bits per heavy atom. The number of carbonyl (C=O) groups excluding carboxylic acids is 2. The lowest BCUT2D eigenvalue weighted by Crippen LogP contribution is -2.47. The number of primary amides is 1. The fourth-order valence-electron chi connectivity index (χ4n) is 3.14. The van der Waals surface area contributed by atoms with Crippen molar-refractivity contribution in [3.8, 4) is 0 Å². The third-order valence-electron chi connectivity index (χ3n) is 4.55. The van der Waals surface area contributed by atoms with Gasteiger partial charge in [-0.25, -0.2) is 4.79 Å². The number of rotatable bonds is 6. The number of imide groups is 1. The van der Waals surface area contributed by atoms with Crippen LogP contribution in [0.5, 0.6) is 0 Å². The molecule has 27 heavy (non-hydrogen) atoms. The molecule has 0 saturated heterocycles. The molecule has 3 rings (SSSR count). The summed E-state index contributed by atoms with van der Waals surface area (Å²) >= 11 is 6.46. The molecular formula is C20H21ClN4O2. The molecule has 5 N–H and O–H groups in total. The quantitative estimate of drug-likeness (QED) is 0.525. The van der Waals surface area contributed by atoms with Crippen LogP contribution < -0.4 is 16.4 Å². The number of hydrogen-bond donors (Lipinski definition) is 4. The molecule has 0 radical (unpaired) electrons. The number of aromatic nitrogens is 1. The summed E-state index contributed by atoms with van der Waals surface area (Å²) in [6, 6.07) is 14.2. The zero-order valence-electron chi connectivity index (χ0n) is 14.8. The molecule has 0 aliphatic rings. The number of benzene rings is 2. The van der Waals surface area contributed by atoms with E-state index < -0.39 is 18.0 Å². The van der Waals surface area contributed by atoms with Gasteiger partial charge in [0.15, 0.2) is 0 Å². The van der Waals surface area contributed by atoms with Gasteiger partial charge in [-0.05, 0) is 30.2 Å². The van der Waals surface area contributed by atoms with Crippen LogP contribution in [0.2, 0.25) is 5.02 Å². The Bertz CT molecular complexity index is 969. The third-order valence-corrected chi connectivity index (χ3v) is 4.89. The van der Waals surface area contributed by atoms with E-state index in [1.54, 1.807) is 6.92 Å². The number of H-pyrrole nitrogens is 1. The summed E-state index contributed by atoms with van der Waals surface area (Å²) < 4.78 is 0. The van der Waals surface area contributed by atoms with Gasteiger partial charge in [0, 0.05) is 34.6 Å². The van der Waals surface area contributed by atoms with E-state index in [-0.39, 0.29) is 5.92 Å². The molecule has 7 heteroatoms. The monoisotopic (exact) mass is 384 g/mol. The van der Waals surface area contributed by atoms with E-state index in [1.165, 1.54) is 0 Å². The second kappa shape index (κ2) is 8.24. The van der Waals surface area contributed by atoms with Crippen LogP contribution in [0.25, 0.3) is 10.9 Å². The molecule has 0 aliphatic carbocycles. The lowest BCUT2D eigenvalue weighted by molar-refractivity contribution is -0.121. The average molecular weight is 385 g/mol. The Hall–Kier alpha value is -2.83. The first kappa shape index (κ1) is 18.9. The first-order valence-corrected chi connectivity index (χ1v) is 8.99. The molecule has 3 amide bonds. The van der Waals surface area contributed by atoms with E-state index >= 15 is 0 Å². The van der Waals surface area contributed by atoms with Crippen LogP contribution in [0.4, 0.5) is 4.79 Å². The average Bonchev–Trinajstić information content (AvgIpc) is 3.06. The van der Waals surface area contributed by atoms with Crippen LogP contribution in [0, 0.1) is 0 Å². The number of aromatic amines is 1. The third kappa shape index (κ3) is 4.30. The minimum Gasteiger partial charge on any atom is -0.361 e. The highest BCUT2D eigenvalue weighted by atomic mass is 35.5. The molecule has 3 aromatic rings. The lowest BCUT2D eigenvalue weighted by atomic mass is 9.90. The first-order valence-electron chi connectivity index (χ1n) is 8.61. The molecule has 2 aromatic carbocycles. The number of amides is 3. The Balaban J connectivity index is 1.91. The summed E-state index contributed by atoms with van der Waals surface area (Å²) in [5, 5.41) is 7.01. The van der Waals surface area contributed by atoms with Gasteiger partial charge in [-0.2, -0.15) is 0 Å². The maximum Gasteiger partial charge on any atom is 0.318 e. The van der Waals surface area contributed by atoms with Crippen molar-refractivity contribution in [1.82, 2.24) is 15.6 Å². The van der Waals surface area contributed by atoms with E-state index in [0.29, 0.717) is 11.6 Å². The fraction of sp³-hybridized carbons (Fsp3) is 0.200. The molecule has 1 aromatic heterocycles. The first-order chi connectivity index (χ1) is 13.0. The summed E-state index contributed by atoms with van der Waals surface area (Å²) in [6.07, 6.45) is 1.97. The van der Waals surface area contributed by atoms with Crippen LogP contribution in [0.15, 0.2) is 54.7 Å². The molecular weight excluding hydrogens is 364 g/mol. The number of nitrogens with two attached hydrogens (primary N) is 1. The van der Waals surface area contributed by atoms with E-state index in [9.17, 15) is 9.59 Å². The van der Waals surface area contributed by atoms with Crippen molar-refractivity contribution >= 4 is 34.4 Å². The molecule has 0 spiro atoms. The number of hydrogen-bond acceptors (Lipinski definition) is 3. The van der Waals surface area contributed by atoms with E-state index in [0.717, 1.165) is 22.0 Å². The summed E-state index contributed by atoms with van der Waals surface area (Å²) in [6.45, 7) is 2.14. The van der Waals surface area contributed by atoms with Crippen LogP contribution in [0.1, 0.15) is 24.0 Å². The van der Waals surface area contributed by atoms with E-state index in [1.807, 2.05) is 54.7 Å². The molecule has 0 bridgehead atoms. The maximum absolute atomic E-state index is 12.0. The maximum atomic E-state index is 12.0. The topological polar surface area (TPSA) is 100 Å². The second-order valence-electron chi connectivity index (χ2n) is 6.35. The molecule has 0 unspecified atom stereocenters.